The molecule has 4 heteroatoms. The predicted molar refractivity (Wildman–Crippen MR) is 67.8 cm³/mol. The molecule has 100 valence electrons. The van der Waals surface area contributed by atoms with Gasteiger partial charge in [0.2, 0.25) is 5.91 Å². The molecule has 0 aliphatic heterocycles. The first-order chi connectivity index (χ1) is 7.73. The van der Waals surface area contributed by atoms with E-state index in [1.54, 1.807) is 0 Å². The Hall–Kier alpha value is -1.06. The molecule has 0 spiro atoms. The Morgan fingerprint density at radius 3 is 2.12 bits per heavy atom. The van der Waals surface area contributed by atoms with Crippen molar-refractivity contribution in [2.45, 2.75) is 59.9 Å². The van der Waals surface area contributed by atoms with Gasteiger partial charge in [-0.1, -0.05) is 20.8 Å². The van der Waals surface area contributed by atoms with Gasteiger partial charge < -0.3 is 10.0 Å². The minimum atomic E-state index is -0.852. The second-order valence-corrected chi connectivity index (χ2v) is 5.35. The van der Waals surface area contributed by atoms with Gasteiger partial charge in [0, 0.05) is 19.0 Å². The first-order valence-corrected chi connectivity index (χ1v) is 6.24. The van der Waals surface area contributed by atoms with E-state index in [9.17, 15) is 9.59 Å². The van der Waals surface area contributed by atoms with Gasteiger partial charge in [0.05, 0.1) is 6.42 Å². The Bertz CT molecular complexity index is 274. The van der Waals surface area contributed by atoms with Crippen LogP contribution in [0.2, 0.25) is 0 Å². The molecule has 0 aromatic rings. The van der Waals surface area contributed by atoms with E-state index >= 15 is 0 Å². The summed E-state index contributed by atoms with van der Waals surface area (Å²) in [6.45, 7) is 10.3. The Labute approximate surface area is 104 Å². The minimum absolute atomic E-state index is 0.0246. The molecule has 1 amide bonds. The molecule has 17 heavy (non-hydrogen) atoms. The fourth-order valence-corrected chi connectivity index (χ4v) is 1.94. The second kappa shape index (κ2) is 6.62. The molecule has 0 radical (unpaired) electrons. The highest BCUT2D eigenvalue weighted by Gasteiger charge is 2.28. The normalized spacial score (nSPS) is 13.2. The van der Waals surface area contributed by atoms with Gasteiger partial charge in [0.25, 0.3) is 0 Å². The molecule has 0 aliphatic rings. The van der Waals surface area contributed by atoms with Crippen molar-refractivity contribution in [2.75, 3.05) is 6.54 Å². The molecule has 1 N–H and O–H groups in total. The van der Waals surface area contributed by atoms with Crippen LogP contribution < -0.4 is 0 Å². The van der Waals surface area contributed by atoms with Gasteiger partial charge in [-0.25, -0.2) is 0 Å². The van der Waals surface area contributed by atoms with Gasteiger partial charge in [-0.15, -0.1) is 0 Å². The standard InChI is InChI=1S/C13H25NO3/c1-6-10(3)14(7-2)11(15)8-13(4,5)9-12(16)17/h10H,6-9H2,1-5H3,(H,16,17). The van der Waals surface area contributed by atoms with E-state index in [1.807, 2.05) is 39.5 Å². The number of hydrogen-bond acceptors (Lipinski definition) is 2. The lowest BCUT2D eigenvalue weighted by Crippen LogP contribution is -2.40. The Morgan fingerprint density at radius 2 is 1.76 bits per heavy atom. The molecule has 0 saturated carbocycles. The zero-order valence-corrected chi connectivity index (χ0v) is 11.6. The summed E-state index contributed by atoms with van der Waals surface area (Å²) in [4.78, 5) is 24.6. The average molecular weight is 243 g/mol. The molecule has 0 rings (SSSR count). The van der Waals surface area contributed by atoms with Crippen LogP contribution in [-0.2, 0) is 9.59 Å². The van der Waals surface area contributed by atoms with E-state index < -0.39 is 11.4 Å². The number of carbonyl (C=O) groups excluding carboxylic acids is 1. The van der Waals surface area contributed by atoms with Crippen LogP contribution in [0.25, 0.3) is 0 Å². The first-order valence-electron chi connectivity index (χ1n) is 6.24. The van der Waals surface area contributed by atoms with Crippen LogP contribution in [0.5, 0.6) is 0 Å². The smallest absolute Gasteiger partial charge is 0.303 e. The van der Waals surface area contributed by atoms with E-state index in [0.29, 0.717) is 6.54 Å². The molecular formula is C13H25NO3. The molecule has 0 aromatic carbocycles. The zero-order chi connectivity index (χ0) is 13.6. The molecule has 0 heterocycles. The number of rotatable bonds is 7. The van der Waals surface area contributed by atoms with E-state index in [1.165, 1.54) is 0 Å². The summed E-state index contributed by atoms with van der Waals surface area (Å²) in [5.74, 6) is -0.803. The lowest BCUT2D eigenvalue weighted by molar-refractivity contribution is -0.141. The largest absolute Gasteiger partial charge is 0.481 e. The van der Waals surface area contributed by atoms with Gasteiger partial charge in [0.1, 0.15) is 0 Å². The Kier molecular flexibility index (Phi) is 6.21. The van der Waals surface area contributed by atoms with E-state index in [2.05, 4.69) is 0 Å². The molecule has 1 unspecified atom stereocenters. The number of nitrogens with zero attached hydrogens (tertiary/aromatic N) is 1. The summed E-state index contributed by atoms with van der Waals surface area (Å²) in [6.07, 6.45) is 1.23. The summed E-state index contributed by atoms with van der Waals surface area (Å²) in [6, 6.07) is 0.216. The third-order valence-electron chi connectivity index (χ3n) is 3.04. The molecule has 0 aromatic heterocycles. The number of carbonyl (C=O) groups is 2. The number of amides is 1. The van der Waals surface area contributed by atoms with Crippen molar-refractivity contribution in [2.24, 2.45) is 5.41 Å². The summed E-state index contributed by atoms with van der Waals surface area (Å²) in [7, 11) is 0. The minimum Gasteiger partial charge on any atom is -0.481 e. The van der Waals surface area contributed by atoms with E-state index in [0.717, 1.165) is 6.42 Å². The van der Waals surface area contributed by atoms with Crippen LogP contribution in [0.1, 0.15) is 53.9 Å². The molecule has 0 saturated heterocycles. The lowest BCUT2D eigenvalue weighted by Gasteiger charge is -2.31. The molecular weight excluding hydrogens is 218 g/mol. The van der Waals surface area contributed by atoms with Crippen LogP contribution in [0.3, 0.4) is 0 Å². The SMILES string of the molecule is CCC(C)N(CC)C(=O)CC(C)(C)CC(=O)O. The van der Waals surface area contributed by atoms with Crippen LogP contribution in [0.4, 0.5) is 0 Å². The number of hydrogen-bond donors (Lipinski definition) is 1. The first kappa shape index (κ1) is 15.9. The zero-order valence-electron chi connectivity index (χ0n) is 11.6. The predicted octanol–water partition coefficient (Wildman–Crippen LogP) is 2.52. The monoisotopic (exact) mass is 243 g/mol. The van der Waals surface area contributed by atoms with Gasteiger partial charge in [-0.3, -0.25) is 9.59 Å². The average Bonchev–Trinajstić information content (AvgIpc) is 2.15. The van der Waals surface area contributed by atoms with Crippen molar-refractivity contribution < 1.29 is 14.7 Å². The quantitative estimate of drug-likeness (QED) is 0.747. The van der Waals surface area contributed by atoms with Crippen LogP contribution in [-0.4, -0.2) is 34.5 Å². The molecule has 0 aliphatic carbocycles. The summed E-state index contributed by atoms with van der Waals surface area (Å²) in [5.41, 5.74) is -0.482. The Balaban J connectivity index is 4.55. The third kappa shape index (κ3) is 5.71. The highest BCUT2D eigenvalue weighted by molar-refractivity contribution is 5.78. The van der Waals surface area contributed by atoms with Crippen molar-refractivity contribution in [3.05, 3.63) is 0 Å². The maximum absolute atomic E-state index is 12.1. The van der Waals surface area contributed by atoms with Crippen LogP contribution >= 0.6 is 0 Å². The highest BCUT2D eigenvalue weighted by Crippen LogP contribution is 2.26. The van der Waals surface area contributed by atoms with Crippen molar-refractivity contribution in [1.82, 2.24) is 4.90 Å². The number of carboxylic acids is 1. The van der Waals surface area contributed by atoms with Gasteiger partial charge in [0.15, 0.2) is 0 Å². The third-order valence-corrected chi connectivity index (χ3v) is 3.04. The van der Waals surface area contributed by atoms with Gasteiger partial charge in [-0.2, -0.15) is 0 Å². The van der Waals surface area contributed by atoms with Crippen molar-refractivity contribution in [3.8, 4) is 0 Å². The van der Waals surface area contributed by atoms with Gasteiger partial charge >= 0.3 is 5.97 Å². The molecule has 4 nitrogen and oxygen atoms in total. The summed E-state index contributed by atoms with van der Waals surface area (Å²) < 4.78 is 0. The molecule has 1 atom stereocenters. The van der Waals surface area contributed by atoms with Crippen molar-refractivity contribution in [3.63, 3.8) is 0 Å². The van der Waals surface area contributed by atoms with Crippen molar-refractivity contribution >= 4 is 11.9 Å². The maximum atomic E-state index is 12.1. The number of carboxylic acid groups (broad SMARTS) is 1. The topological polar surface area (TPSA) is 57.6 Å². The summed E-state index contributed by atoms with van der Waals surface area (Å²) in [5, 5.41) is 8.79. The highest BCUT2D eigenvalue weighted by atomic mass is 16.4. The Morgan fingerprint density at radius 1 is 1.24 bits per heavy atom. The summed E-state index contributed by atoms with van der Waals surface area (Å²) >= 11 is 0. The maximum Gasteiger partial charge on any atom is 0.303 e. The second-order valence-electron chi connectivity index (χ2n) is 5.35. The van der Waals surface area contributed by atoms with E-state index in [-0.39, 0.29) is 24.8 Å². The number of aliphatic carboxylic acids is 1. The fourth-order valence-electron chi connectivity index (χ4n) is 1.94. The molecule has 0 fully saturated rings. The van der Waals surface area contributed by atoms with Crippen LogP contribution in [0, 0.1) is 5.41 Å². The molecule has 0 bridgehead atoms. The van der Waals surface area contributed by atoms with Crippen LogP contribution in [0.15, 0.2) is 0 Å². The fraction of sp³-hybridized carbons (Fsp3) is 0.846. The van der Waals surface area contributed by atoms with Crippen molar-refractivity contribution in [1.29, 1.82) is 0 Å². The van der Waals surface area contributed by atoms with Gasteiger partial charge in [-0.05, 0) is 25.7 Å². The van der Waals surface area contributed by atoms with E-state index in [4.69, 9.17) is 5.11 Å². The lowest BCUT2D eigenvalue weighted by atomic mass is 9.85.